The molecule has 3 aromatic rings. The standard InChI is InChI=1S/C29H32N4O4/c1-2-37-24-13-11-23(12-14-24)30-28(35)25(16-20-7-4-3-5-8-20)31-29(36)32-17-21-15-22(19-32)26-9-6-10-27(34)33(26)18-21/h3-14,21-22,25H,2,15-19H2,1H3,(H,30,35)(H,31,36)/t21-,22-,25-/m0/s1. The highest BCUT2D eigenvalue weighted by Gasteiger charge is 2.37. The zero-order valence-electron chi connectivity index (χ0n) is 20.9. The van der Waals surface area contributed by atoms with Gasteiger partial charge in [0.25, 0.3) is 5.56 Å². The van der Waals surface area contributed by atoms with E-state index in [2.05, 4.69) is 10.6 Å². The lowest BCUT2D eigenvalue weighted by Gasteiger charge is -2.43. The molecule has 3 heterocycles. The van der Waals surface area contributed by atoms with E-state index in [0.717, 1.165) is 23.4 Å². The molecule has 8 nitrogen and oxygen atoms in total. The third-order valence-electron chi connectivity index (χ3n) is 7.10. The number of ether oxygens (including phenoxy) is 1. The summed E-state index contributed by atoms with van der Waals surface area (Å²) in [5, 5.41) is 5.93. The minimum atomic E-state index is -0.752. The number of nitrogens with zero attached hydrogens (tertiary/aromatic N) is 2. The van der Waals surface area contributed by atoms with Crippen LogP contribution in [-0.2, 0) is 17.8 Å². The molecule has 2 aliphatic heterocycles. The van der Waals surface area contributed by atoms with Gasteiger partial charge in [-0.25, -0.2) is 4.79 Å². The molecule has 1 aromatic heterocycles. The van der Waals surface area contributed by atoms with Crippen LogP contribution in [0.1, 0.15) is 30.5 Å². The Balaban J connectivity index is 1.30. The van der Waals surface area contributed by atoms with E-state index in [1.165, 1.54) is 0 Å². The second-order valence-electron chi connectivity index (χ2n) is 9.74. The first-order valence-electron chi connectivity index (χ1n) is 12.8. The van der Waals surface area contributed by atoms with Gasteiger partial charge in [0.15, 0.2) is 0 Å². The summed E-state index contributed by atoms with van der Waals surface area (Å²) in [7, 11) is 0. The monoisotopic (exact) mass is 500 g/mol. The van der Waals surface area contributed by atoms with E-state index in [-0.39, 0.29) is 29.3 Å². The molecule has 2 bridgehead atoms. The summed E-state index contributed by atoms with van der Waals surface area (Å²) < 4.78 is 7.32. The fourth-order valence-electron chi connectivity index (χ4n) is 5.39. The number of urea groups is 1. The molecule has 3 amide bonds. The summed E-state index contributed by atoms with van der Waals surface area (Å²) >= 11 is 0. The number of hydrogen-bond donors (Lipinski definition) is 2. The van der Waals surface area contributed by atoms with E-state index < -0.39 is 6.04 Å². The highest BCUT2D eigenvalue weighted by Crippen LogP contribution is 2.35. The minimum absolute atomic E-state index is 0.0130. The number of carbonyl (C=O) groups excluding carboxylic acids is 2. The van der Waals surface area contributed by atoms with E-state index in [4.69, 9.17) is 4.74 Å². The van der Waals surface area contributed by atoms with E-state index in [9.17, 15) is 14.4 Å². The molecule has 0 spiro atoms. The molecule has 8 heteroatoms. The van der Waals surface area contributed by atoms with Crippen molar-refractivity contribution in [3.8, 4) is 5.75 Å². The molecular formula is C29H32N4O4. The fourth-order valence-corrected chi connectivity index (χ4v) is 5.39. The molecule has 37 heavy (non-hydrogen) atoms. The fraction of sp³-hybridized carbons (Fsp3) is 0.345. The van der Waals surface area contributed by atoms with Crippen LogP contribution in [-0.4, -0.2) is 47.1 Å². The first kappa shape index (κ1) is 24.6. The average Bonchev–Trinajstić information content (AvgIpc) is 2.90. The number of benzene rings is 2. The quantitative estimate of drug-likeness (QED) is 0.518. The summed E-state index contributed by atoms with van der Waals surface area (Å²) in [6.07, 6.45) is 1.33. The molecule has 0 unspecified atom stereocenters. The number of hydrogen-bond acceptors (Lipinski definition) is 4. The van der Waals surface area contributed by atoms with Crippen molar-refractivity contribution in [2.45, 2.75) is 38.3 Å². The predicted molar refractivity (Wildman–Crippen MR) is 142 cm³/mol. The largest absolute Gasteiger partial charge is 0.494 e. The number of anilines is 1. The van der Waals surface area contributed by atoms with Crippen LogP contribution in [0.25, 0.3) is 0 Å². The maximum Gasteiger partial charge on any atom is 0.318 e. The summed E-state index contributed by atoms with van der Waals surface area (Å²) in [4.78, 5) is 40.9. The Labute approximate surface area is 216 Å². The molecule has 0 saturated carbocycles. The Bertz CT molecular complexity index is 1310. The van der Waals surface area contributed by atoms with Crippen LogP contribution < -0.4 is 20.9 Å². The lowest BCUT2D eigenvalue weighted by Crippen LogP contribution is -2.55. The maximum atomic E-state index is 13.4. The van der Waals surface area contributed by atoms with Crippen molar-refractivity contribution >= 4 is 17.6 Å². The minimum Gasteiger partial charge on any atom is -0.494 e. The lowest BCUT2D eigenvalue weighted by atomic mass is 9.83. The van der Waals surface area contributed by atoms with Gasteiger partial charge in [-0.1, -0.05) is 36.4 Å². The van der Waals surface area contributed by atoms with Crippen molar-refractivity contribution < 1.29 is 14.3 Å². The second kappa shape index (κ2) is 10.9. The van der Waals surface area contributed by atoms with Gasteiger partial charge in [-0.3, -0.25) is 9.59 Å². The van der Waals surface area contributed by atoms with Crippen LogP contribution in [0.15, 0.2) is 77.6 Å². The molecule has 0 aliphatic carbocycles. The molecule has 2 N–H and O–H groups in total. The molecule has 3 atom stereocenters. The highest BCUT2D eigenvalue weighted by atomic mass is 16.5. The zero-order valence-corrected chi connectivity index (χ0v) is 20.9. The van der Waals surface area contributed by atoms with E-state index in [0.29, 0.717) is 38.3 Å². The smallest absolute Gasteiger partial charge is 0.318 e. The van der Waals surface area contributed by atoms with Gasteiger partial charge >= 0.3 is 6.03 Å². The third kappa shape index (κ3) is 5.69. The van der Waals surface area contributed by atoms with Gasteiger partial charge in [-0.15, -0.1) is 0 Å². The Hall–Kier alpha value is -4.07. The summed E-state index contributed by atoms with van der Waals surface area (Å²) in [6.45, 7) is 4.17. The molecule has 2 aromatic carbocycles. The van der Waals surface area contributed by atoms with Crippen LogP contribution in [0, 0.1) is 5.92 Å². The Morgan fingerprint density at radius 3 is 2.51 bits per heavy atom. The molecule has 2 aliphatic rings. The molecule has 1 saturated heterocycles. The first-order chi connectivity index (χ1) is 18.0. The number of likely N-dealkylation sites (tertiary alicyclic amines) is 1. The zero-order chi connectivity index (χ0) is 25.8. The van der Waals surface area contributed by atoms with Crippen LogP contribution in [0.3, 0.4) is 0 Å². The van der Waals surface area contributed by atoms with Gasteiger partial charge in [0.1, 0.15) is 11.8 Å². The Kier molecular flexibility index (Phi) is 7.25. The van der Waals surface area contributed by atoms with Gasteiger partial charge in [-0.2, -0.15) is 0 Å². The SMILES string of the molecule is CCOc1ccc(NC(=O)[C@H](Cc2ccccc2)NC(=O)N2C[C@@H]3C[C@@H](C2)c2cccc(=O)n2C3)cc1. The summed E-state index contributed by atoms with van der Waals surface area (Å²) in [5.74, 6) is 0.768. The number of pyridine rings is 1. The third-order valence-corrected chi connectivity index (χ3v) is 7.10. The highest BCUT2D eigenvalue weighted by molar-refractivity contribution is 5.97. The number of amides is 3. The molecule has 0 radical (unpaired) electrons. The number of nitrogens with one attached hydrogen (secondary N) is 2. The number of piperidine rings is 1. The maximum absolute atomic E-state index is 13.4. The van der Waals surface area contributed by atoms with Gasteiger partial charge in [0.05, 0.1) is 6.61 Å². The van der Waals surface area contributed by atoms with Gasteiger partial charge in [0, 0.05) is 49.4 Å². The molecular weight excluding hydrogens is 468 g/mol. The van der Waals surface area contributed by atoms with Crippen LogP contribution in [0.2, 0.25) is 0 Å². The average molecular weight is 501 g/mol. The van der Waals surface area contributed by atoms with E-state index in [1.807, 2.05) is 47.9 Å². The van der Waals surface area contributed by atoms with Crippen LogP contribution in [0.4, 0.5) is 10.5 Å². The van der Waals surface area contributed by atoms with E-state index >= 15 is 0 Å². The molecule has 1 fully saturated rings. The number of fused-ring (bicyclic) bond motifs is 4. The van der Waals surface area contributed by atoms with Crippen molar-refractivity contribution in [2.75, 3.05) is 25.0 Å². The Morgan fingerprint density at radius 1 is 0.973 bits per heavy atom. The Morgan fingerprint density at radius 2 is 1.76 bits per heavy atom. The van der Waals surface area contributed by atoms with Crippen LogP contribution in [0.5, 0.6) is 5.75 Å². The van der Waals surface area contributed by atoms with Gasteiger partial charge in [0.2, 0.25) is 5.91 Å². The van der Waals surface area contributed by atoms with Crippen molar-refractivity contribution in [3.05, 3.63) is 94.4 Å². The number of rotatable bonds is 7. The van der Waals surface area contributed by atoms with Gasteiger partial charge < -0.3 is 24.8 Å². The summed E-state index contributed by atoms with van der Waals surface area (Å²) in [6, 6.07) is 21.2. The predicted octanol–water partition coefficient (Wildman–Crippen LogP) is 3.63. The van der Waals surface area contributed by atoms with Gasteiger partial charge in [-0.05, 0) is 55.2 Å². The second-order valence-corrected chi connectivity index (χ2v) is 9.74. The normalized spacial score (nSPS) is 18.9. The van der Waals surface area contributed by atoms with Crippen molar-refractivity contribution in [1.29, 1.82) is 0 Å². The summed E-state index contributed by atoms with van der Waals surface area (Å²) in [5.41, 5.74) is 2.59. The molecule has 192 valence electrons. The molecule has 5 rings (SSSR count). The first-order valence-corrected chi connectivity index (χ1v) is 12.8. The lowest BCUT2D eigenvalue weighted by molar-refractivity contribution is -0.118. The van der Waals surface area contributed by atoms with Crippen molar-refractivity contribution in [1.82, 2.24) is 14.8 Å². The van der Waals surface area contributed by atoms with Crippen molar-refractivity contribution in [3.63, 3.8) is 0 Å². The number of aromatic nitrogens is 1. The van der Waals surface area contributed by atoms with E-state index in [1.54, 1.807) is 41.3 Å². The number of carbonyl (C=O) groups is 2. The topological polar surface area (TPSA) is 92.7 Å². The van der Waals surface area contributed by atoms with Crippen LogP contribution >= 0.6 is 0 Å². The van der Waals surface area contributed by atoms with Crippen molar-refractivity contribution in [2.24, 2.45) is 5.92 Å².